The molecule has 0 radical (unpaired) electrons. The molecule has 0 atom stereocenters. The molecule has 20 heavy (non-hydrogen) atoms. The molecule has 2 N–H and O–H groups in total. The molecule has 9 heteroatoms. The van der Waals surface area contributed by atoms with E-state index in [1.165, 1.54) is 21.4 Å². The van der Waals surface area contributed by atoms with Crippen LogP contribution in [0.4, 0.5) is 5.69 Å². The van der Waals surface area contributed by atoms with Crippen molar-refractivity contribution in [3.8, 4) is 0 Å². The molecule has 0 aromatic carbocycles. The Balaban J connectivity index is 2.01. The molecule has 1 aliphatic heterocycles. The quantitative estimate of drug-likeness (QED) is 0.817. The molecule has 8 nitrogen and oxygen atoms in total. The first-order valence-corrected chi connectivity index (χ1v) is 7.83. The monoisotopic (exact) mass is 302 g/mol. The number of carboxylic acid groups (broad SMARTS) is 1. The van der Waals surface area contributed by atoms with Crippen LogP contribution in [0.5, 0.6) is 0 Å². The molecule has 0 aliphatic carbocycles. The van der Waals surface area contributed by atoms with E-state index in [0.29, 0.717) is 19.0 Å². The number of hydrogen-bond donors (Lipinski definition) is 2. The van der Waals surface area contributed by atoms with Gasteiger partial charge in [-0.15, -0.1) is 0 Å². The van der Waals surface area contributed by atoms with E-state index < -0.39 is 16.2 Å². The lowest BCUT2D eigenvalue weighted by Crippen LogP contribution is -2.41. The first kappa shape index (κ1) is 14.8. The molecule has 1 aromatic rings. The molecule has 1 aliphatic rings. The van der Waals surface area contributed by atoms with Gasteiger partial charge in [0.05, 0.1) is 11.9 Å². The van der Waals surface area contributed by atoms with Gasteiger partial charge < -0.3 is 5.11 Å². The Hall–Kier alpha value is -1.61. The second kappa shape index (κ2) is 5.80. The summed E-state index contributed by atoms with van der Waals surface area (Å²) < 4.78 is 29.3. The first-order chi connectivity index (χ1) is 9.37. The summed E-state index contributed by atoms with van der Waals surface area (Å²) in [5, 5.41) is 12.4. The largest absolute Gasteiger partial charge is 0.480 e. The van der Waals surface area contributed by atoms with E-state index in [9.17, 15) is 13.2 Å². The van der Waals surface area contributed by atoms with Crippen molar-refractivity contribution in [3.63, 3.8) is 0 Å². The van der Waals surface area contributed by atoms with Crippen molar-refractivity contribution in [2.75, 3.05) is 17.8 Å². The van der Waals surface area contributed by atoms with Crippen LogP contribution in [0.15, 0.2) is 12.4 Å². The van der Waals surface area contributed by atoms with Crippen molar-refractivity contribution in [2.45, 2.75) is 26.3 Å². The van der Waals surface area contributed by atoms with Crippen LogP contribution in [0.25, 0.3) is 0 Å². The molecule has 0 bridgehead atoms. The van der Waals surface area contributed by atoms with Crippen LogP contribution in [0.3, 0.4) is 0 Å². The highest BCUT2D eigenvalue weighted by Gasteiger charge is 2.26. The number of hydrogen-bond acceptors (Lipinski definition) is 4. The highest BCUT2D eigenvalue weighted by atomic mass is 32.2. The summed E-state index contributed by atoms with van der Waals surface area (Å²) in [5.41, 5.74) is 0.268. The van der Waals surface area contributed by atoms with Gasteiger partial charge in [-0.3, -0.25) is 14.2 Å². The molecule has 0 saturated carbocycles. The van der Waals surface area contributed by atoms with Gasteiger partial charge in [0.25, 0.3) is 0 Å². The Morgan fingerprint density at radius 3 is 2.75 bits per heavy atom. The van der Waals surface area contributed by atoms with Gasteiger partial charge in [-0.05, 0) is 18.8 Å². The van der Waals surface area contributed by atoms with Crippen molar-refractivity contribution in [2.24, 2.45) is 5.92 Å². The van der Waals surface area contributed by atoms with E-state index in [0.717, 1.165) is 12.8 Å². The fourth-order valence-corrected chi connectivity index (χ4v) is 3.30. The van der Waals surface area contributed by atoms with E-state index >= 15 is 0 Å². The average molecular weight is 302 g/mol. The van der Waals surface area contributed by atoms with Gasteiger partial charge in [0.2, 0.25) is 0 Å². The van der Waals surface area contributed by atoms with Crippen LogP contribution >= 0.6 is 0 Å². The van der Waals surface area contributed by atoms with E-state index in [1.807, 2.05) is 0 Å². The first-order valence-electron chi connectivity index (χ1n) is 6.39. The Kier molecular flexibility index (Phi) is 4.29. The van der Waals surface area contributed by atoms with Crippen LogP contribution in [0.2, 0.25) is 0 Å². The number of carboxylic acids is 1. The smallest absolute Gasteiger partial charge is 0.325 e. The summed E-state index contributed by atoms with van der Waals surface area (Å²) in [6, 6.07) is 0. The number of piperidine rings is 1. The molecule has 1 aromatic heterocycles. The molecule has 0 spiro atoms. The fraction of sp³-hybridized carbons (Fsp3) is 0.636. The van der Waals surface area contributed by atoms with Crippen LogP contribution in [-0.4, -0.2) is 46.7 Å². The summed E-state index contributed by atoms with van der Waals surface area (Å²) in [5.74, 6) is -0.493. The lowest BCUT2D eigenvalue weighted by molar-refractivity contribution is -0.137. The summed E-state index contributed by atoms with van der Waals surface area (Å²) in [4.78, 5) is 10.5. The predicted molar refractivity (Wildman–Crippen MR) is 72.4 cm³/mol. The van der Waals surface area contributed by atoms with Crippen LogP contribution < -0.4 is 4.72 Å². The van der Waals surface area contributed by atoms with Gasteiger partial charge in [-0.2, -0.15) is 17.8 Å². The molecular formula is C11H18N4O4S. The second-order valence-electron chi connectivity index (χ2n) is 5.01. The molecule has 2 rings (SSSR count). The zero-order chi connectivity index (χ0) is 14.8. The minimum Gasteiger partial charge on any atom is -0.480 e. The number of anilines is 1. The maximum atomic E-state index is 12.2. The number of rotatable bonds is 5. The normalized spacial score (nSPS) is 18.1. The van der Waals surface area contributed by atoms with Gasteiger partial charge in [0, 0.05) is 19.3 Å². The third kappa shape index (κ3) is 3.70. The molecule has 112 valence electrons. The SMILES string of the molecule is CC1CCN(S(=O)(=O)Nc2cnn(CC(=O)O)c2)CC1. The lowest BCUT2D eigenvalue weighted by atomic mass is 10.0. The molecule has 1 saturated heterocycles. The molecule has 2 heterocycles. The van der Waals surface area contributed by atoms with Crippen molar-refractivity contribution in [1.82, 2.24) is 14.1 Å². The van der Waals surface area contributed by atoms with Gasteiger partial charge in [-0.25, -0.2) is 0 Å². The second-order valence-corrected chi connectivity index (χ2v) is 6.68. The summed E-state index contributed by atoms with van der Waals surface area (Å²) >= 11 is 0. The van der Waals surface area contributed by atoms with Crippen LogP contribution in [0.1, 0.15) is 19.8 Å². The molecule has 0 unspecified atom stereocenters. The van der Waals surface area contributed by atoms with Gasteiger partial charge in [-0.1, -0.05) is 6.92 Å². The van der Waals surface area contributed by atoms with Crippen molar-refractivity contribution in [1.29, 1.82) is 0 Å². The minimum absolute atomic E-state index is 0.268. The average Bonchev–Trinajstić information content (AvgIpc) is 2.75. The Bertz CT molecular complexity index is 575. The molecule has 0 amide bonds. The lowest BCUT2D eigenvalue weighted by Gasteiger charge is -2.29. The minimum atomic E-state index is -3.59. The van der Waals surface area contributed by atoms with Crippen molar-refractivity contribution < 1.29 is 18.3 Å². The van der Waals surface area contributed by atoms with Gasteiger partial charge in [0.1, 0.15) is 6.54 Å². The maximum absolute atomic E-state index is 12.2. The summed E-state index contributed by atoms with van der Waals surface area (Å²) in [6.07, 6.45) is 4.35. The van der Waals surface area contributed by atoms with Gasteiger partial charge >= 0.3 is 16.2 Å². The van der Waals surface area contributed by atoms with Gasteiger partial charge in [0.15, 0.2) is 0 Å². The van der Waals surface area contributed by atoms with Crippen molar-refractivity contribution >= 4 is 21.9 Å². The van der Waals surface area contributed by atoms with Crippen molar-refractivity contribution in [3.05, 3.63) is 12.4 Å². The third-order valence-corrected chi connectivity index (χ3v) is 4.80. The number of nitrogens with one attached hydrogen (secondary N) is 1. The van der Waals surface area contributed by atoms with E-state index in [4.69, 9.17) is 5.11 Å². The Labute approximate surface area is 117 Å². The summed E-state index contributed by atoms with van der Waals surface area (Å²) in [6.45, 7) is 2.80. The fourth-order valence-electron chi connectivity index (χ4n) is 2.08. The molecule has 1 fully saturated rings. The maximum Gasteiger partial charge on any atom is 0.325 e. The van der Waals surface area contributed by atoms with E-state index in [1.54, 1.807) is 0 Å². The number of nitrogens with zero attached hydrogens (tertiary/aromatic N) is 3. The zero-order valence-electron chi connectivity index (χ0n) is 11.2. The highest BCUT2D eigenvalue weighted by molar-refractivity contribution is 7.90. The van der Waals surface area contributed by atoms with E-state index in [2.05, 4.69) is 16.7 Å². The molecular weight excluding hydrogens is 284 g/mol. The topological polar surface area (TPSA) is 105 Å². The number of aliphatic carboxylic acids is 1. The number of aromatic nitrogens is 2. The van der Waals surface area contributed by atoms with Crippen LogP contribution in [-0.2, 0) is 21.5 Å². The number of carbonyl (C=O) groups is 1. The third-order valence-electron chi connectivity index (χ3n) is 3.26. The summed E-state index contributed by atoms with van der Waals surface area (Å²) in [7, 11) is -3.59. The van der Waals surface area contributed by atoms with E-state index in [-0.39, 0.29) is 12.2 Å². The Morgan fingerprint density at radius 1 is 1.50 bits per heavy atom. The van der Waals surface area contributed by atoms with Crippen LogP contribution in [0, 0.1) is 5.92 Å². The highest BCUT2D eigenvalue weighted by Crippen LogP contribution is 2.20. The standard InChI is InChI=1S/C11H18N4O4S/c1-9-2-4-15(5-3-9)20(18,19)13-10-6-12-14(7-10)8-11(16)17/h6-7,9,13H,2-5,8H2,1H3,(H,16,17). The zero-order valence-corrected chi connectivity index (χ0v) is 12.0. The predicted octanol–water partition coefficient (Wildman–Crippen LogP) is 0.356. The Morgan fingerprint density at radius 2 is 2.15 bits per heavy atom.